The van der Waals surface area contributed by atoms with Gasteiger partial charge in [0.25, 0.3) is 5.56 Å². The minimum absolute atomic E-state index is 0.0238. The Morgan fingerprint density at radius 3 is 2.76 bits per heavy atom. The van der Waals surface area contributed by atoms with Crippen LogP contribution >= 0.6 is 11.3 Å². The molecule has 0 atom stereocenters. The van der Waals surface area contributed by atoms with Gasteiger partial charge in [0.2, 0.25) is 5.13 Å². The van der Waals surface area contributed by atoms with Crippen LogP contribution in [0.4, 0.5) is 5.13 Å². The molecule has 0 aliphatic carbocycles. The number of hydrogen-bond acceptors (Lipinski definition) is 5. The van der Waals surface area contributed by atoms with Crippen LogP contribution < -0.4 is 10.9 Å². The van der Waals surface area contributed by atoms with Crippen LogP contribution in [-0.4, -0.2) is 20.8 Å². The Labute approximate surface area is 129 Å². The summed E-state index contributed by atoms with van der Waals surface area (Å²) in [6, 6.07) is 4.12. The summed E-state index contributed by atoms with van der Waals surface area (Å²) in [6.45, 7) is 8.94. The summed E-state index contributed by atoms with van der Waals surface area (Å²) < 4.78 is 1.83. The van der Waals surface area contributed by atoms with Gasteiger partial charge in [-0.05, 0) is 39.3 Å². The normalized spacial score (nSPS) is 11.1. The molecule has 0 aliphatic heterocycles. The molecule has 0 radical (unpaired) electrons. The largest absolute Gasteiger partial charge is 0.358 e. The lowest BCUT2D eigenvalue weighted by molar-refractivity contribution is 0.600. The topological polar surface area (TPSA) is 59.8 Å². The molecule has 0 unspecified atom stereocenters. The average molecular weight is 306 g/mol. The van der Waals surface area contributed by atoms with Crippen molar-refractivity contribution in [3.63, 3.8) is 0 Å². The summed E-state index contributed by atoms with van der Waals surface area (Å²) >= 11 is 1.42. The second-order valence-electron chi connectivity index (χ2n) is 5.41. The fourth-order valence-electron chi connectivity index (χ4n) is 2.07. The first-order chi connectivity index (χ1) is 10.0. The van der Waals surface area contributed by atoms with Crippen molar-refractivity contribution in [3.05, 3.63) is 28.2 Å². The minimum atomic E-state index is 0.0238. The SMILES string of the molecule is CCCCn1c(C)ccc(-c2nnc(NC(C)C)s2)c1=O. The standard InChI is InChI=1S/C15H22N4OS/c1-5-6-9-19-11(4)7-8-12(14(19)20)13-17-18-15(21-13)16-10(2)3/h7-8,10H,5-6,9H2,1-4H3,(H,16,18). The van der Waals surface area contributed by atoms with E-state index in [-0.39, 0.29) is 5.56 Å². The molecule has 0 fully saturated rings. The zero-order valence-electron chi connectivity index (χ0n) is 13.0. The van der Waals surface area contributed by atoms with Crippen LogP contribution in [0.15, 0.2) is 16.9 Å². The van der Waals surface area contributed by atoms with Gasteiger partial charge < -0.3 is 9.88 Å². The van der Waals surface area contributed by atoms with Gasteiger partial charge in [-0.1, -0.05) is 24.7 Å². The molecule has 1 N–H and O–H groups in total. The van der Waals surface area contributed by atoms with Gasteiger partial charge in [-0.2, -0.15) is 0 Å². The maximum Gasteiger partial charge on any atom is 0.261 e. The molecule has 0 amide bonds. The molecule has 0 aromatic carbocycles. The number of aromatic nitrogens is 3. The highest BCUT2D eigenvalue weighted by Crippen LogP contribution is 2.24. The van der Waals surface area contributed by atoms with Crippen molar-refractivity contribution >= 4 is 16.5 Å². The third-order valence-corrected chi connectivity index (χ3v) is 4.08. The highest BCUT2D eigenvalue weighted by molar-refractivity contribution is 7.18. The van der Waals surface area contributed by atoms with E-state index in [4.69, 9.17) is 0 Å². The van der Waals surface area contributed by atoms with Crippen molar-refractivity contribution in [3.8, 4) is 10.6 Å². The first-order valence-corrected chi connectivity index (χ1v) is 8.15. The smallest absolute Gasteiger partial charge is 0.261 e. The number of nitrogens with one attached hydrogen (secondary N) is 1. The second kappa shape index (κ2) is 6.85. The quantitative estimate of drug-likeness (QED) is 0.889. The molecule has 0 aliphatic rings. The van der Waals surface area contributed by atoms with E-state index in [0.717, 1.165) is 30.2 Å². The van der Waals surface area contributed by atoms with Gasteiger partial charge in [-0.15, -0.1) is 10.2 Å². The summed E-state index contributed by atoms with van der Waals surface area (Å²) in [5.41, 5.74) is 1.64. The van der Waals surface area contributed by atoms with Crippen LogP contribution in [0.3, 0.4) is 0 Å². The Hall–Kier alpha value is -1.69. The molecule has 2 aromatic heterocycles. The molecular weight excluding hydrogens is 284 g/mol. The summed E-state index contributed by atoms with van der Waals surface area (Å²) in [6.07, 6.45) is 2.07. The molecule has 0 bridgehead atoms. The summed E-state index contributed by atoms with van der Waals surface area (Å²) in [5, 5.41) is 12.9. The minimum Gasteiger partial charge on any atom is -0.358 e. The Kier molecular flexibility index (Phi) is 5.12. The van der Waals surface area contributed by atoms with Gasteiger partial charge in [-0.3, -0.25) is 4.79 Å². The summed E-state index contributed by atoms with van der Waals surface area (Å²) in [4.78, 5) is 12.6. The van der Waals surface area contributed by atoms with Gasteiger partial charge in [0.15, 0.2) is 5.01 Å². The van der Waals surface area contributed by atoms with E-state index in [0.29, 0.717) is 16.6 Å². The predicted octanol–water partition coefficient (Wildman–Crippen LogP) is 3.30. The number of aryl methyl sites for hydroxylation is 1. The zero-order valence-corrected chi connectivity index (χ0v) is 13.8. The van der Waals surface area contributed by atoms with E-state index >= 15 is 0 Å². The fraction of sp³-hybridized carbons (Fsp3) is 0.533. The van der Waals surface area contributed by atoms with E-state index in [2.05, 4.69) is 22.4 Å². The van der Waals surface area contributed by atoms with Crippen LogP contribution in [-0.2, 0) is 6.54 Å². The number of rotatable bonds is 6. The van der Waals surface area contributed by atoms with Gasteiger partial charge >= 0.3 is 0 Å². The Bertz CT molecular complexity index is 660. The van der Waals surface area contributed by atoms with Crippen molar-refractivity contribution in [1.82, 2.24) is 14.8 Å². The molecule has 114 valence electrons. The first kappa shape index (κ1) is 15.7. The van der Waals surface area contributed by atoms with Gasteiger partial charge in [0.1, 0.15) is 0 Å². The number of pyridine rings is 1. The average Bonchev–Trinajstić information content (AvgIpc) is 2.86. The van der Waals surface area contributed by atoms with E-state index in [1.54, 1.807) is 0 Å². The van der Waals surface area contributed by atoms with Crippen LogP contribution in [0, 0.1) is 6.92 Å². The maximum atomic E-state index is 12.6. The third-order valence-electron chi connectivity index (χ3n) is 3.20. The fourth-order valence-corrected chi connectivity index (χ4v) is 2.97. The van der Waals surface area contributed by atoms with E-state index in [1.165, 1.54) is 11.3 Å². The molecular formula is C15H22N4OS. The molecule has 0 saturated carbocycles. The summed E-state index contributed by atoms with van der Waals surface area (Å²) in [5.74, 6) is 0. The molecule has 21 heavy (non-hydrogen) atoms. The molecule has 0 spiro atoms. The monoisotopic (exact) mass is 306 g/mol. The summed E-state index contributed by atoms with van der Waals surface area (Å²) in [7, 11) is 0. The van der Waals surface area contributed by atoms with E-state index < -0.39 is 0 Å². The van der Waals surface area contributed by atoms with Gasteiger partial charge in [0.05, 0.1) is 5.56 Å². The molecule has 6 heteroatoms. The highest BCUT2D eigenvalue weighted by atomic mass is 32.1. The Morgan fingerprint density at radius 1 is 1.33 bits per heavy atom. The number of anilines is 1. The van der Waals surface area contributed by atoms with Gasteiger partial charge in [0, 0.05) is 18.3 Å². The number of nitrogens with zero attached hydrogens (tertiary/aromatic N) is 3. The van der Waals surface area contributed by atoms with Crippen LogP contribution in [0.25, 0.3) is 10.6 Å². The lowest BCUT2D eigenvalue weighted by atomic mass is 10.2. The van der Waals surface area contributed by atoms with Crippen LogP contribution in [0.5, 0.6) is 0 Å². The van der Waals surface area contributed by atoms with Crippen molar-refractivity contribution in [2.45, 2.75) is 53.1 Å². The number of hydrogen-bond donors (Lipinski definition) is 1. The van der Waals surface area contributed by atoms with Crippen molar-refractivity contribution in [2.24, 2.45) is 0 Å². The lowest BCUT2D eigenvalue weighted by Gasteiger charge is -2.10. The van der Waals surface area contributed by atoms with Gasteiger partial charge in [-0.25, -0.2) is 0 Å². The molecule has 2 heterocycles. The van der Waals surface area contributed by atoms with E-state index in [1.807, 2.05) is 37.5 Å². The Balaban J connectivity index is 2.35. The van der Waals surface area contributed by atoms with E-state index in [9.17, 15) is 4.79 Å². The van der Waals surface area contributed by atoms with Crippen molar-refractivity contribution in [1.29, 1.82) is 0 Å². The first-order valence-electron chi connectivity index (χ1n) is 7.33. The molecule has 0 saturated heterocycles. The maximum absolute atomic E-state index is 12.6. The van der Waals surface area contributed by atoms with Crippen LogP contribution in [0.1, 0.15) is 39.3 Å². The zero-order chi connectivity index (χ0) is 15.4. The number of unbranched alkanes of at least 4 members (excludes halogenated alkanes) is 1. The van der Waals surface area contributed by atoms with Crippen molar-refractivity contribution < 1.29 is 0 Å². The second-order valence-corrected chi connectivity index (χ2v) is 6.39. The Morgan fingerprint density at radius 2 is 2.10 bits per heavy atom. The lowest BCUT2D eigenvalue weighted by Crippen LogP contribution is -2.23. The molecule has 2 aromatic rings. The molecule has 2 rings (SSSR count). The third kappa shape index (κ3) is 3.69. The molecule has 5 nitrogen and oxygen atoms in total. The van der Waals surface area contributed by atoms with Crippen molar-refractivity contribution in [2.75, 3.05) is 5.32 Å². The predicted molar refractivity (Wildman–Crippen MR) is 88.0 cm³/mol. The van der Waals surface area contributed by atoms with Crippen LogP contribution in [0.2, 0.25) is 0 Å². The highest BCUT2D eigenvalue weighted by Gasteiger charge is 2.13.